The molecule has 1 aromatic carbocycles. The molecule has 0 saturated carbocycles. The Morgan fingerprint density at radius 3 is 2.60 bits per heavy atom. The zero-order valence-corrected chi connectivity index (χ0v) is 12.9. The fourth-order valence-electron chi connectivity index (χ4n) is 1.48. The number of methoxy groups -OCH3 is 1. The van der Waals surface area contributed by atoms with Gasteiger partial charge in [-0.1, -0.05) is 6.07 Å². The minimum atomic E-state index is -0.644. The van der Waals surface area contributed by atoms with E-state index < -0.39 is 5.54 Å². The van der Waals surface area contributed by atoms with Crippen LogP contribution in [0.1, 0.15) is 19.4 Å². The van der Waals surface area contributed by atoms with Crippen molar-refractivity contribution in [1.29, 1.82) is 0 Å². The van der Waals surface area contributed by atoms with E-state index in [2.05, 4.69) is 10.6 Å². The van der Waals surface area contributed by atoms with Crippen LogP contribution >= 0.6 is 0 Å². The minimum Gasteiger partial charge on any atom is -0.489 e. The number of hydrogen-bond donors (Lipinski definition) is 2. The summed E-state index contributed by atoms with van der Waals surface area (Å²) >= 11 is 0. The van der Waals surface area contributed by atoms with Crippen molar-refractivity contribution in [3.63, 3.8) is 0 Å². The fourth-order valence-corrected chi connectivity index (χ4v) is 1.48. The van der Waals surface area contributed by atoms with Gasteiger partial charge in [0.1, 0.15) is 12.4 Å². The second-order valence-electron chi connectivity index (χ2n) is 5.17. The molecule has 0 aliphatic heterocycles. The van der Waals surface area contributed by atoms with Crippen LogP contribution in [0.15, 0.2) is 18.2 Å². The highest BCUT2D eigenvalue weighted by Crippen LogP contribution is 2.26. The van der Waals surface area contributed by atoms with Crippen LogP contribution in [0.2, 0.25) is 0 Å². The number of rotatable bonds is 7. The molecule has 0 spiro atoms. The molecule has 0 aromatic heterocycles. The predicted octanol–water partition coefficient (Wildman–Crippen LogP) is 1.96. The first-order valence-electron chi connectivity index (χ1n) is 6.63. The molecule has 0 unspecified atom stereocenters. The van der Waals surface area contributed by atoms with Gasteiger partial charge in [-0.2, -0.15) is 0 Å². The van der Waals surface area contributed by atoms with Crippen molar-refractivity contribution in [3.8, 4) is 5.75 Å². The Balaban J connectivity index is 2.85. The van der Waals surface area contributed by atoms with E-state index in [4.69, 9.17) is 9.47 Å². The third-order valence-corrected chi connectivity index (χ3v) is 3.12. The maximum Gasteiger partial charge on any atom is 0.244 e. The van der Waals surface area contributed by atoms with Crippen molar-refractivity contribution in [2.24, 2.45) is 0 Å². The summed E-state index contributed by atoms with van der Waals surface area (Å²) in [6.07, 6.45) is 0. The molecule has 0 aliphatic carbocycles. The third-order valence-electron chi connectivity index (χ3n) is 3.12. The van der Waals surface area contributed by atoms with E-state index in [1.807, 2.05) is 39.0 Å². The normalized spacial score (nSPS) is 11.2. The molecule has 5 heteroatoms. The van der Waals surface area contributed by atoms with E-state index in [-0.39, 0.29) is 5.91 Å². The van der Waals surface area contributed by atoms with Crippen molar-refractivity contribution >= 4 is 11.6 Å². The van der Waals surface area contributed by atoms with Gasteiger partial charge in [-0.25, -0.2) is 0 Å². The van der Waals surface area contributed by atoms with Gasteiger partial charge in [-0.15, -0.1) is 0 Å². The summed E-state index contributed by atoms with van der Waals surface area (Å²) in [6.45, 7) is 6.57. The predicted molar refractivity (Wildman–Crippen MR) is 80.3 cm³/mol. The van der Waals surface area contributed by atoms with E-state index in [1.165, 1.54) is 0 Å². The molecule has 1 rings (SSSR count). The van der Waals surface area contributed by atoms with Gasteiger partial charge in [0.15, 0.2) is 0 Å². The van der Waals surface area contributed by atoms with Crippen LogP contribution in [0.25, 0.3) is 0 Å². The van der Waals surface area contributed by atoms with Crippen LogP contribution in [-0.2, 0) is 9.53 Å². The molecule has 0 atom stereocenters. The van der Waals surface area contributed by atoms with Gasteiger partial charge >= 0.3 is 0 Å². The van der Waals surface area contributed by atoms with Crippen molar-refractivity contribution in [2.75, 3.05) is 32.7 Å². The number of likely N-dealkylation sites (N-methyl/N-ethyl adjacent to an activating group) is 1. The molecule has 2 N–H and O–H groups in total. The first kappa shape index (κ1) is 16.5. The van der Waals surface area contributed by atoms with Crippen LogP contribution in [0, 0.1) is 6.92 Å². The topological polar surface area (TPSA) is 59.6 Å². The summed E-state index contributed by atoms with van der Waals surface area (Å²) < 4.78 is 10.6. The molecule has 20 heavy (non-hydrogen) atoms. The summed E-state index contributed by atoms with van der Waals surface area (Å²) in [7, 11) is 3.38. The Morgan fingerprint density at radius 1 is 1.30 bits per heavy atom. The third kappa shape index (κ3) is 4.51. The van der Waals surface area contributed by atoms with Gasteiger partial charge in [0.25, 0.3) is 0 Å². The maximum absolute atomic E-state index is 12.2. The van der Waals surface area contributed by atoms with E-state index in [0.717, 1.165) is 5.56 Å². The smallest absolute Gasteiger partial charge is 0.244 e. The Labute approximate surface area is 120 Å². The van der Waals surface area contributed by atoms with Crippen molar-refractivity contribution in [1.82, 2.24) is 5.32 Å². The number of carbonyl (C=O) groups is 1. The largest absolute Gasteiger partial charge is 0.489 e. The van der Waals surface area contributed by atoms with E-state index in [0.29, 0.717) is 24.7 Å². The minimum absolute atomic E-state index is 0.111. The summed E-state index contributed by atoms with van der Waals surface area (Å²) in [6, 6.07) is 5.68. The Kier molecular flexibility index (Phi) is 5.98. The quantitative estimate of drug-likeness (QED) is 0.750. The van der Waals surface area contributed by atoms with Gasteiger partial charge < -0.3 is 20.1 Å². The summed E-state index contributed by atoms with van der Waals surface area (Å²) in [4.78, 5) is 12.2. The molecule has 0 radical (unpaired) electrons. The van der Waals surface area contributed by atoms with Crippen LogP contribution < -0.4 is 15.4 Å². The SMILES string of the molecule is CNC(C)(C)C(=O)Nc1ccc(C)cc1OCCOC. The Hall–Kier alpha value is -1.59. The van der Waals surface area contributed by atoms with Crippen molar-refractivity contribution in [2.45, 2.75) is 26.3 Å². The summed E-state index contributed by atoms with van der Waals surface area (Å²) in [5.41, 5.74) is 1.10. The zero-order chi connectivity index (χ0) is 15.2. The molecule has 1 amide bonds. The lowest BCUT2D eigenvalue weighted by atomic mass is 10.0. The van der Waals surface area contributed by atoms with Crippen molar-refractivity contribution < 1.29 is 14.3 Å². The first-order chi connectivity index (χ1) is 9.40. The highest BCUT2D eigenvalue weighted by molar-refractivity contribution is 5.98. The average Bonchev–Trinajstić information content (AvgIpc) is 2.41. The van der Waals surface area contributed by atoms with E-state index >= 15 is 0 Å². The van der Waals surface area contributed by atoms with Crippen LogP contribution in [0.5, 0.6) is 5.75 Å². The highest BCUT2D eigenvalue weighted by Gasteiger charge is 2.25. The monoisotopic (exact) mass is 280 g/mol. The lowest BCUT2D eigenvalue weighted by Crippen LogP contribution is -2.47. The molecule has 112 valence electrons. The summed E-state index contributed by atoms with van der Waals surface area (Å²) in [5.74, 6) is 0.544. The molecular formula is C15H24N2O3. The van der Waals surface area contributed by atoms with Gasteiger partial charge in [-0.3, -0.25) is 4.79 Å². The molecule has 5 nitrogen and oxygen atoms in total. The summed E-state index contributed by atoms with van der Waals surface area (Å²) in [5, 5.41) is 5.86. The van der Waals surface area contributed by atoms with Crippen LogP contribution in [-0.4, -0.2) is 38.8 Å². The number of ether oxygens (including phenoxy) is 2. The van der Waals surface area contributed by atoms with Crippen molar-refractivity contribution in [3.05, 3.63) is 23.8 Å². The number of carbonyl (C=O) groups excluding carboxylic acids is 1. The molecular weight excluding hydrogens is 256 g/mol. The van der Waals surface area contributed by atoms with Gasteiger partial charge in [0.05, 0.1) is 17.8 Å². The van der Waals surface area contributed by atoms with E-state index in [9.17, 15) is 4.79 Å². The molecule has 0 aliphatic rings. The van der Waals surface area contributed by atoms with Gasteiger partial charge in [0, 0.05) is 7.11 Å². The number of anilines is 1. The number of nitrogens with one attached hydrogen (secondary N) is 2. The van der Waals surface area contributed by atoms with Crippen LogP contribution in [0.3, 0.4) is 0 Å². The molecule has 0 bridgehead atoms. The van der Waals surface area contributed by atoms with Gasteiger partial charge in [0.2, 0.25) is 5.91 Å². The molecule has 1 aromatic rings. The highest BCUT2D eigenvalue weighted by atomic mass is 16.5. The standard InChI is InChI=1S/C15H24N2O3/c1-11-6-7-12(13(10-11)20-9-8-19-5)17-14(18)15(2,3)16-4/h6-7,10,16H,8-9H2,1-5H3,(H,17,18). The maximum atomic E-state index is 12.2. The molecule has 0 fully saturated rings. The number of amides is 1. The molecule has 0 heterocycles. The second-order valence-corrected chi connectivity index (χ2v) is 5.17. The Morgan fingerprint density at radius 2 is 2.00 bits per heavy atom. The van der Waals surface area contributed by atoms with Crippen LogP contribution in [0.4, 0.5) is 5.69 Å². The lowest BCUT2D eigenvalue weighted by molar-refractivity contribution is -0.121. The Bertz CT molecular complexity index is 458. The second kappa shape index (κ2) is 7.26. The first-order valence-corrected chi connectivity index (χ1v) is 6.63. The van der Waals surface area contributed by atoms with Gasteiger partial charge in [-0.05, 0) is 45.5 Å². The number of aryl methyl sites for hydroxylation is 1. The number of benzene rings is 1. The van der Waals surface area contributed by atoms with E-state index in [1.54, 1.807) is 14.2 Å². The zero-order valence-electron chi connectivity index (χ0n) is 12.9. The average molecular weight is 280 g/mol. The lowest BCUT2D eigenvalue weighted by Gasteiger charge is -2.23. The number of hydrogen-bond acceptors (Lipinski definition) is 4. The molecule has 0 saturated heterocycles. The fraction of sp³-hybridized carbons (Fsp3) is 0.533.